The van der Waals surface area contributed by atoms with Crippen LogP contribution in [-0.2, 0) is 9.59 Å². The zero-order chi connectivity index (χ0) is 20.9. The summed E-state index contributed by atoms with van der Waals surface area (Å²) in [6, 6.07) is 6.55. The second kappa shape index (κ2) is 9.67. The number of carbonyl (C=O) groups is 2. The molecule has 2 N–H and O–H groups in total. The monoisotopic (exact) mass is 442 g/mol. The van der Waals surface area contributed by atoms with Crippen LogP contribution in [0.15, 0.2) is 24.3 Å². The third kappa shape index (κ3) is 5.65. The Balaban J connectivity index is 2.14. The molecule has 0 aliphatic heterocycles. The fourth-order valence-corrected chi connectivity index (χ4v) is 3.35. The fourth-order valence-electron chi connectivity index (χ4n) is 2.29. The molecular formula is C19H24Cl2N4O2S. The molecule has 9 heteroatoms. The largest absolute Gasteiger partial charge is 0.344 e. The van der Waals surface area contributed by atoms with Gasteiger partial charge in [-0.1, -0.05) is 55.3 Å². The van der Waals surface area contributed by atoms with Crippen LogP contribution in [0.25, 0.3) is 10.6 Å². The van der Waals surface area contributed by atoms with Gasteiger partial charge in [-0.05, 0) is 31.9 Å². The van der Waals surface area contributed by atoms with Gasteiger partial charge in [0.25, 0.3) is 0 Å². The van der Waals surface area contributed by atoms with Gasteiger partial charge in [0.05, 0.1) is 5.41 Å². The average Bonchev–Trinajstić information content (AvgIpc) is 3.13. The number of nitrogens with zero attached hydrogens (tertiary/aromatic N) is 2. The lowest BCUT2D eigenvalue weighted by atomic mass is 9.92. The minimum atomic E-state index is -0.768. The Morgan fingerprint density at radius 2 is 2.00 bits per heavy atom. The lowest BCUT2D eigenvalue weighted by molar-refractivity contribution is -0.132. The third-order valence-corrected chi connectivity index (χ3v) is 6.25. The van der Waals surface area contributed by atoms with E-state index in [1.807, 2.05) is 26.0 Å². The lowest BCUT2D eigenvalue weighted by Gasteiger charge is -2.28. The molecule has 152 valence electrons. The Bertz CT molecular complexity index is 841. The molecule has 1 heterocycles. The number of carbonyl (C=O) groups excluding carboxylic acids is 2. The Morgan fingerprint density at radius 1 is 1.29 bits per heavy atom. The van der Waals surface area contributed by atoms with E-state index in [2.05, 4.69) is 20.8 Å². The van der Waals surface area contributed by atoms with Gasteiger partial charge in [0.2, 0.25) is 16.9 Å². The van der Waals surface area contributed by atoms with Crippen molar-refractivity contribution < 1.29 is 9.59 Å². The van der Waals surface area contributed by atoms with Gasteiger partial charge < -0.3 is 5.32 Å². The molecule has 0 bridgehead atoms. The van der Waals surface area contributed by atoms with Crippen LogP contribution in [0.5, 0.6) is 0 Å². The molecule has 0 fully saturated rings. The molecule has 2 rings (SSSR count). The lowest BCUT2D eigenvalue weighted by Crippen LogP contribution is -2.51. The van der Waals surface area contributed by atoms with Crippen LogP contribution < -0.4 is 10.6 Å². The molecule has 0 saturated carbocycles. The van der Waals surface area contributed by atoms with Crippen LogP contribution in [0.4, 0.5) is 5.13 Å². The number of anilines is 1. The van der Waals surface area contributed by atoms with E-state index in [-0.39, 0.29) is 23.6 Å². The van der Waals surface area contributed by atoms with Gasteiger partial charge >= 0.3 is 0 Å². The maximum absolute atomic E-state index is 12.8. The zero-order valence-corrected chi connectivity index (χ0v) is 18.6. The van der Waals surface area contributed by atoms with Crippen molar-refractivity contribution >= 4 is 51.5 Å². The van der Waals surface area contributed by atoms with Gasteiger partial charge in [0.15, 0.2) is 0 Å². The smallest absolute Gasteiger partial charge is 0.249 e. The molecule has 1 aromatic heterocycles. The normalized spacial score (nSPS) is 13.6. The highest BCUT2D eigenvalue weighted by molar-refractivity contribution is 7.18. The van der Waals surface area contributed by atoms with Gasteiger partial charge in [0, 0.05) is 16.5 Å². The third-order valence-electron chi connectivity index (χ3n) is 4.46. The van der Waals surface area contributed by atoms with Crippen LogP contribution >= 0.6 is 34.5 Å². The first-order chi connectivity index (χ1) is 13.2. The van der Waals surface area contributed by atoms with E-state index in [9.17, 15) is 9.59 Å². The van der Waals surface area contributed by atoms with E-state index < -0.39 is 11.5 Å². The summed E-state index contributed by atoms with van der Waals surface area (Å²) >= 11 is 13.1. The van der Waals surface area contributed by atoms with Crippen molar-refractivity contribution in [3.8, 4) is 10.6 Å². The second-order valence-corrected chi connectivity index (χ2v) is 8.95. The van der Waals surface area contributed by atoms with E-state index >= 15 is 0 Å². The van der Waals surface area contributed by atoms with Crippen molar-refractivity contribution in [3.63, 3.8) is 0 Å². The van der Waals surface area contributed by atoms with E-state index in [4.69, 9.17) is 23.2 Å². The van der Waals surface area contributed by atoms with Gasteiger partial charge in [-0.2, -0.15) is 0 Å². The molecule has 2 atom stereocenters. The summed E-state index contributed by atoms with van der Waals surface area (Å²) < 4.78 is 0. The summed E-state index contributed by atoms with van der Waals surface area (Å²) in [6.45, 7) is 7.35. The molecule has 0 saturated heterocycles. The second-order valence-electron chi connectivity index (χ2n) is 7.27. The van der Waals surface area contributed by atoms with Gasteiger partial charge in [-0.15, -0.1) is 21.8 Å². The van der Waals surface area contributed by atoms with Crippen molar-refractivity contribution in [2.45, 2.75) is 40.2 Å². The number of rotatable bonds is 8. The Kier molecular flexibility index (Phi) is 7.80. The summed E-state index contributed by atoms with van der Waals surface area (Å²) in [5.41, 5.74) is 0.0527. The van der Waals surface area contributed by atoms with E-state index in [0.29, 0.717) is 15.2 Å². The predicted molar refractivity (Wildman–Crippen MR) is 115 cm³/mol. The summed E-state index contributed by atoms with van der Waals surface area (Å²) in [7, 11) is 0. The SMILES string of the molecule is CCC(C)C(NC(=O)C(C)(C)CCl)C(=O)Nc1nnc(-c2cccc(Cl)c2)s1. The average molecular weight is 443 g/mol. The highest BCUT2D eigenvalue weighted by atomic mass is 35.5. The predicted octanol–water partition coefficient (Wildman–Crippen LogP) is 4.59. The van der Waals surface area contributed by atoms with Crippen LogP contribution in [0, 0.1) is 11.3 Å². The molecular weight excluding hydrogens is 419 g/mol. The number of amides is 2. The highest BCUT2D eigenvalue weighted by Crippen LogP contribution is 2.28. The molecule has 1 aromatic carbocycles. The number of nitrogens with one attached hydrogen (secondary N) is 2. The first-order valence-electron chi connectivity index (χ1n) is 8.95. The maximum Gasteiger partial charge on any atom is 0.249 e. The molecule has 28 heavy (non-hydrogen) atoms. The van der Waals surface area contributed by atoms with Crippen LogP contribution in [-0.4, -0.2) is 33.9 Å². The van der Waals surface area contributed by atoms with Crippen LogP contribution in [0.1, 0.15) is 34.1 Å². The zero-order valence-electron chi connectivity index (χ0n) is 16.3. The maximum atomic E-state index is 12.8. The summed E-state index contributed by atoms with van der Waals surface area (Å²) in [5.74, 6) is -0.496. The molecule has 0 spiro atoms. The molecule has 2 unspecified atom stereocenters. The highest BCUT2D eigenvalue weighted by Gasteiger charge is 2.33. The summed E-state index contributed by atoms with van der Waals surface area (Å²) in [5, 5.41) is 15.3. The fraction of sp³-hybridized carbons (Fsp3) is 0.474. The van der Waals surface area contributed by atoms with Gasteiger partial charge in [-0.3, -0.25) is 14.9 Å². The number of halogens is 2. The van der Waals surface area contributed by atoms with E-state index in [0.717, 1.165) is 12.0 Å². The molecule has 2 aromatic rings. The number of hydrogen-bond acceptors (Lipinski definition) is 5. The number of aromatic nitrogens is 2. The van der Waals surface area contributed by atoms with E-state index in [1.165, 1.54) is 11.3 Å². The van der Waals surface area contributed by atoms with Gasteiger partial charge in [0.1, 0.15) is 11.0 Å². The summed E-state index contributed by atoms with van der Waals surface area (Å²) in [6.07, 6.45) is 0.726. The van der Waals surface area contributed by atoms with Crippen LogP contribution in [0.3, 0.4) is 0 Å². The Labute approximate surface area is 179 Å². The quantitative estimate of drug-likeness (QED) is 0.585. The Morgan fingerprint density at radius 3 is 2.61 bits per heavy atom. The van der Waals surface area contributed by atoms with Crippen molar-refractivity contribution in [2.75, 3.05) is 11.2 Å². The molecule has 0 aliphatic carbocycles. The molecule has 0 radical (unpaired) electrons. The number of benzene rings is 1. The van der Waals surface area contributed by atoms with Gasteiger partial charge in [-0.25, -0.2) is 0 Å². The first-order valence-corrected chi connectivity index (χ1v) is 10.7. The molecule has 2 amide bonds. The van der Waals surface area contributed by atoms with Crippen molar-refractivity contribution in [1.82, 2.24) is 15.5 Å². The first kappa shape index (κ1) is 22.6. The van der Waals surface area contributed by atoms with Crippen molar-refractivity contribution in [2.24, 2.45) is 11.3 Å². The topological polar surface area (TPSA) is 84.0 Å². The van der Waals surface area contributed by atoms with Crippen molar-refractivity contribution in [3.05, 3.63) is 29.3 Å². The van der Waals surface area contributed by atoms with Crippen LogP contribution in [0.2, 0.25) is 5.02 Å². The Hall–Kier alpha value is -1.70. The minimum Gasteiger partial charge on any atom is -0.344 e. The minimum absolute atomic E-state index is 0.0598. The summed E-state index contributed by atoms with van der Waals surface area (Å²) in [4.78, 5) is 25.3. The van der Waals surface area contributed by atoms with Crippen molar-refractivity contribution in [1.29, 1.82) is 0 Å². The molecule has 0 aliphatic rings. The standard InChI is InChI=1S/C19H24Cl2N4O2S/c1-5-11(2)14(22-17(27)19(3,4)10-20)15(26)23-18-25-24-16(28-18)12-7-6-8-13(21)9-12/h6-9,11,14H,5,10H2,1-4H3,(H,22,27)(H,23,25,26). The number of alkyl halides is 1. The van der Waals surface area contributed by atoms with E-state index in [1.54, 1.807) is 26.0 Å². The molecule has 6 nitrogen and oxygen atoms in total. The number of hydrogen-bond donors (Lipinski definition) is 2.